The zero-order valence-corrected chi connectivity index (χ0v) is 36.4. The minimum absolute atomic E-state index is 0.132. The van der Waals surface area contributed by atoms with Gasteiger partial charge in [-0.1, -0.05) is 18.2 Å². The van der Waals surface area contributed by atoms with E-state index in [0.29, 0.717) is 16.5 Å². The number of fused-ring (bicyclic) bond motifs is 1. The fourth-order valence-electron chi connectivity index (χ4n) is 6.22. The minimum atomic E-state index is -2.42. The molecule has 0 aliphatic carbocycles. The Hall–Kier alpha value is -9.23. The average molecular weight is 1010 g/mol. The second kappa shape index (κ2) is 26.9. The Bertz CT molecular complexity index is 2440. The summed E-state index contributed by atoms with van der Waals surface area (Å²) in [5.74, 6) is -25.7. The number of hydrogen-bond acceptors (Lipinski definition) is 16. The van der Waals surface area contributed by atoms with Gasteiger partial charge in [-0.2, -0.15) is 0 Å². The van der Waals surface area contributed by atoms with Gasteiger partial charge >= 0.3 is 47.8 Å². The summed E-state index contributed by atoms with van der Waals surface area (Å²) in [6.07, 6.45) is -7.97. The van der Waals surface area contributed by atoms with Crippen molar-refractivity contribution in [3.05, 3.63) is 36.0 Å². The number of carbonyl (C=O) groups is 15. The van der Waals surface area contributed by atoms with Gasteiger partial charge in [0.25, 0.3) is 0 Å². The number of nitrogens with two attached hydrogens (primary N) is 1. The van der Waals surface area contributed by atoms with Crippen LogP contribution in [0.2, 0.25) is 0 Å². The molecule has 2 aromatic rings. The summed E-state index contributed by atoms with van der Waals surface area (Å²) >= 11 is 0. The van der Waals surface area contributed by atoms with Crippen LogP contribution < -0.4 is 43.0 Å². The standard InChI is InChI=1S/C39H47N9O23/c40-16(5-14-13-41-17-4-2-1-3-15(14)17)32(63)42-18(6-25(49)50)33(64)43-19(7-26(51)52)34(65)44-20(8-27(53)54)35(66)45-21(9-28(55)56)36(67)46-22(10-29(57)58)37(68)47-23(11-30(59)60)38(69)48-24(39(70)71)12-31(61)62/h1-4,13,16,18-24,41H,5-12,40H2,(H,42,63)(H,43,64)(H,44,65)(H,45,66)(H,46,67)(H,47,68)(H,48,69)(H,49,50)(H,51,52)(H,53,54)(H,55,56)(H,57,58)(H,59,60)(H,61,62)(H,70,71)/t16-,18-,19-,20-,21-,22-,23-,24-/m0/s1. The second-order valence-electron chi connectivity index (χ2n) is 15.1. The van der Waals surface area contributed by atoms with E-state index in [1.807, 2.05) is 5.32 Å². The summed E-state index contributed by atoms with van der Waals surface area (Å²) in [6, 6.07) is -10.5. The van der Waals surface area contributed by atoms with Gasteiger partial charge in [-0.25, -0.2) is 4.79 Å². The van der Waals surface area contributed by atoms with E-state index in [2.05, 4.69) is 10.3 Å². The van der Waals surface area contributed by atoms with Crippen LogP contribution in [-0.4, -0.2) is 183 Å². The molecule has 0 aliphatic rings. The van der Waals surface area contributed by atoms with E-state index in [9.17, 15) is 108 Å². The topological polar surface area (TPSA) is 544 Å². The van der Waals surface area contributed by atoms with Crippen molar-refractivity contribution in [1.82, 2.24) is 42.2 Å². The quantitative estimate of drug-likeness (QED) is 0.0334. The summed E-state index contributed by atoms with van der Waals surface area (Å²) in [6.45, 7) is 0. The lowest BCUT2D eigenvalue weighted by Gasteiger charge is -2.26. The monoisotopic (exact) mass is 1010 g/mol. The molecule has 2 rings (SSSR count). The molecule has 0 saturated carbocycles. The molecule has 8 atom stereocenters. The normalized spacial score (nSPS) is 14.2. The number of aromatic amines is 1. The van der Waals surface area contributed by atoms with Gasteiger partial charge in [0.2, 0.25) is 41.4 Å². The fourth-order valence-corrected chi connectivity index (χ4v) is 6.22. The van der Waals surface area contributed by atoms with Crippen LogP contribution >= 0.6 is 0 Å². The molecule has 0 unspecified atom stereocenters. The molecule has 1 heterocycles. The lowest BCUT2D eigenvalue weighted by molar-refractivity contribution is -0.148. The fraction of sp³-hybridized carbons (Fsp3) is 0.410. The number of amides is 7. The van der Waals surface area contributed by atoms with Crippen LogP contribution in [0.25, 0.3) is 10.9 Å². The average Bonchev–Trinajstić information content (AvgIpc) is 3.65. The molecule has 0 bridgehead atoms. The van der Waals surface area contributed by atoms with Gasteiger partial charge in [-0.05, 0) is 18.1 Å². The molecule has 0 aliphatic heterocycles. The van der Waals surface area contributed by atoms with Crippen molar-refractivity contribution < 1.29 is 113 Å². The van der Waals surface area contributed by atoms with E-state index in [1.54, 1.807) is 57.0 Å². The Morgan fingerprint density at radius 3 is 0.930 bits per heavy atom. The molecule has 0 fully saturated rings. The van der Waals surface area contributed by atoms with Gasteiger partial charge in [0, 0.05) is 17.1 Å². The highest BCUT2D eigenvalue weighted by atomic mass is 16.4. The van der Waals surface area contributed by atoms with Crippen molar-refractivity contribution in [2.45, 2.75) is 99.7 Å². The van der Waals surface area contributed by atoms with E-state index in [-0.39, 0.29) is 6.42 Å². The van der Waals surface area contributed by atoms with Crippen molar-refractivity contribution in [3.8, 4) is 0 Å². The van der Waals surface area contributed by atoms with E-state index in [4.69, 9.17) is 10.8 Å². The van der Waals surface area contributed by atoms with Gasteiger partial charge < -0.3 is 88.8 Å². The number of H-pyrrole nitrogens is 1. The van der Waals surface area contributed by atoms with Crippen LogP contribution in [-0.2, 0) is 78.3 Å². The van der Waals surface area contributed by atoms with Crippen molar-refractivity contribution >= 4 is 100 Å². The van der Waals surface area contributed by atoms with Gasteiger partial charge in [0.05, 0.1) is 51.0 Å². The smallest absolute Gasteiger partial charge is 0.326 e. The lowest BCUT2D eigenvalue weighted by atomic mass is 10.0. The predicted octanol–water partition coefficient (Wildman–Crippen LogP) is -6.16. The maximum atomic E-state index is 13.5. The van der Waals surface area contributed by atoms with E-state index in [1.165, 1.54) is 0 Å². The number of aliphatic carboxylic acids is 8. The number of carboxylic acids is 8. The number of carbonyl (C=O) groups excluding carboxylic acids is 7. The number of para-hydroxylation sites is 1. The summed E-state index contributed by atoms with van der Waals surface area (Å²) < 4.78 is 0. The lowest BCUT2D eigenvalue weighted by Crippen LogP contribution is -2.61. The number of nitrogens with one attached hydrogen (secondary N) is 8. The number of carboxylic acid groups (broad SMARTS) is 8. The first-order valence-corrected chi connectivity index (χ1v) is 20.3. The van der Waals surface area contributed by atoms with Gasteiger partial charge in [-0.3, -0.25) is 67.1 Å². The van der Waals surface area contributed by atoms with Crippen LogP contribution in [0.1, 0.15) is 50.5 Å². The third kappa shape index (κ3) is 19.9. The molecule has 386 valence electrons. The number of benzene rings is 1. The van der Waals surface area contributed by atoms with Crippen molar-refractivity contribution in [3.63, 3.8) is 0 Å². The first kappa shape index (κ1) is 57.9. The zero-order valence-electron chi connectivity index (χ0n) is 36.4. The Balaban J connectivity index is 2.35. The third-order valence-corrected chi connectivity index (χ3v) is 9.52. The van der Waals surface area contributed by atoms with E-state index < -0.39 is 182 Å². The molecule has 0 saturated heterocycles. The molecule has 0 radical (unpaired) electrons. The molecule has 1 aromatic heterocycles. The summed E-state index contributed by atoms with van der Waals surface area (Å²) in [5, 5.41) is 88.2. The van der Waals surface area contributed by atoms with Crippen LogP contribution in [0.15, 0.2) is 30.5 Å². The van der Waals surface area contributed by atoms with E-state index >= 15 is 0 Å². The first-order valence-electron chi connectivity index (χ1n) is 20.3. The first-order chi connectivity index (χ1) is 33.1. The van der Waals surface area contributed by atoms with Crippen LogP contribution in [0.4, 0.5) is 0 Å². The molecule has 7 amide bonds. The van der Waals surface area contributed by atoms with Crippen LogP contribution in [0.3, 0.4) is 0 Å². The van der Waals surface area contributed by atoms with Crippen molar-refractivity contribution in [2.24, 2.45) is 5.73 Å². The largest absolute Gasteiger partial charge is 0.481 e. The Morgan fingerprint density at radius 1 is 0.394 bits per heavy atom. The highest BCUT2D eigenvalue weighted by molar-refractivity contribution is 6.01. The summed E-state index contributed by atoms with van der Waals surface area (Å²) in [5.41, 5.74) is 7.28. The number of aromatic nitrogens is 1. The minimum Gasteiger partial charge on any atom is -0.481 e. The predicted molar refractivity (Wildman–Crippen MR) is 227 cm³/mol. The van der Waals surface area contributed by atoms with Gasteiger partial charge in [0.1, 0.15) is 42.3 Å². The van der Waals surface area contributed by atoms with E-state index in [0.717, 1.165) is 0 Å². The number of rotatable bonds is 31. The van der Waals surface area contributed by atoms with Crippen molar-refractivity contribution in [1.29, 1.82) is 0 Å². The van der Waals surface area contributed by atoms with Crippen LogP contribution in [0, 0.1) is 0 Å². The third-order valence-electron chi connectivity index (χ3n) is 9.52. The highest BCUT2D eigenvalue weighted by Gasteiger charge is 2.37. The summed E-state index contributed by atoms with van der Waals surface area (Å²) in [4.78, 5) is 188. The maximum absolute atomic E-state index is 13.5. The summed E-state index contributed by atoms with van der Waals surface area (Å²) in [7, 11) is 0. The Morgan fingerprint density at radius 2 is 0.648 bits per heavy atom. The molecule has 1 aromatic carbocycles. The zero-order chi connectivity index (χ0) is 53.9. The molecule has 32 nitrogen and oxygen atoms in total. The van der Waals surface area contributed by atoms with Crippen LogP contribution in [0.5, 0.6) is 0 Å². The van der Waals surface area contributed by atoms with Crippen molar-refractivity contribution in [2.75, 3.05) is 0 Å². The molecular weight excluding hydrogens is 962 g/mol. The molecule has 71 heavy (non-hydrogen) atoms. The molecule has 18 N–H and O–H groups in total. The van der Waals surface area contributed by atoms with Gasteiger partial charge in [-0.15, -0.1) is 0 Å². The Labute approximate surface area is 396 Å². The highest BCUT2D eigenvalue weighted by Crippen LogP contribution is 2.19. The van der Waals surface area contributed by atoms with Gasteiger partial charge in [0.15, 0.2) is 0 Å². The maximum Gasteiger partial charge on any atom is 0.326 e. The SMILES string of the molecule is N[C@@H](Cc1c[nH]c2ccccc12)C(=O)N[C@@H](CC(=O)O)C(=O)N[C@@H](CC(=O)O)C(=O)N[C@@H](CC(=O)O)C(=O)N[C@@H](CC(=O)O)C(=O)N[C@@H](CC(=O)O)C(=O)N[C@@H](CC(=O)O)C(=O)N[C@@H](CC(=O)O)C(=O)O. The molecule has 0 spiro atoms. The second-order valence-corrected chi connectivity index (χ2v) is 15.1. The Kier molecular flexibility index (Phi) is 22.0. The molecule has 32 heteroatoms. The molecular formula is C39H47N9O23. The number of hydrogen-bond donors (Lipinski definition) is 17.